The fourth-order valence-electron chi connectivity index (χ4n) is 5.68. The van der Waals surface area contributed by atoms with Crippen LogP contribution in [0.15, 0.2) is 128 Å². The van der Waals surface area contributed by atoms with Gasteiger partial charge in [0.25, 0.3) is 0 Å². The molecule has 1 aromatic heterocycles. The summed E-state index contributed by atoms with van der Waals surface area (Å²) in [7, 11) is 0. The van der Waals surface area contributed by atoms with Crippen molar-refractivity contribution >= 4 is 54.5 Å². The van der Waals surface area contributed by atoms with E-state index in [4.69, 9.17) is 5.73 Å². The van der Waals surface area contributed by atoms with Gasteiger partial charge in [-0.05, 0) is 65.1 Å². The van der Waals surface area contributed by atoms with Gasteiger partial charge in [-0.25, -0.2) is 0 Å². The number of nitrogens with zero attached hydrogens (tertiary/aromatic N) is 1. The van der Waals surface area contributed by atoms with Crippen molar-refractivity contribution in [3.05, 3.63) is 139 Å². The largest absolute Gasteiger partial charge is 0.404 e. The van der Waals surface area contributed by atoms with Crippen LogP contribution in [0.1, 0.15) is 25.0 Å². The fourth-order valence-corrected chi connectivity index (χ4v) is 5.68. The normalized spacial score (nSPS) is 12.9. The summed E-state index contributed by atoms with van der Waals surface area (Å²) in [5.41, 5.74) is 14.0. The fraction of sp³-hybridized carbons (Fsp3) is 0.0556. The van der Waals surface area contributed by atoms with E-state index in [-0.39, 0.29) is 0 Å². The molecule has 0 radical (unpaired) electrons. The van der Waals surface area contributed by atoms with E-state index >= 15 is 0 Å². The molecule has 0 unspecified atom stereocenters. The zero-order chi connectivity index (χ0) is 26.2. The molecule has 0 aliphatic heterocycles. The Hall–Kier alpha value is -4.82. The van der Waals surface area contributed by atoms with E-state index in [1.807, 2.05) is 19.1 Å². The zero-order valence-electron chi connectivity index (χ0n) is 21.8. The molecule has 0 spiro atoms. The molecule has 2 N–H and O–H groups in total. The van der Waals surface area contributed by atoms with Crippen molar-refractivity contribution < 1.29 is 0 Å². The molecule has 0 saturated carbocycles. The van der Waals surface area contributed by atoms with E-state index in [9.17, 15) is 0 Å². The molecular weight excluding hydrogens is 460 g/mol. The van der Waals surface area contributed by atoms with Crippen LogP contribution in [0.3, 0.4) is 0 Å². The first kappa shape index (κ1) is 23.6. The number of hydrogen-bond donors (Lipinski definition) is 1. The van der Waals surface area contributed by atoms with Crippen LogP contribution in [0.4, 0.5) is 0 Å². The zero-order valence-corrected chi connectivity index (χ0v) is 21.8. The van der Waals surface area contributed by atoms with Gasteiger partial charge in [0.05, 0.1) is 16.7 Å². The van der Waals surface area contributed by atoms with Crippen molar-refractivity contribution in [2.24, 2.45) is 5.73 Å². The molecular formula is C36H30N2. The minimum Gasteiger partial charge on any atom is -0.404 e. The third-order valence-electron chi connectivity index (χ3n) is 7.47. The lowest BCUT2D eigenvalue weighted by molar-refractivity contribution is 1.20. The van der Waals surface area contributed by atoms with Crippen LogP contribution < -0.4 is 5.73 Å². The number of allylic oxidation sites excluding steroid dienone is 6. The van der Waals surface area contributed by atoms with Gasteiger partial charge in [-0.1, -0.05) is 104 Å². The second-order valence-electron chi connectivity index (χ2n) is 9.53. The predicted octanol–water partition coefficient (Wildman–Crippen LogP) is 9.56. The third-order valence-corrected chi connectivity index (χ3v) is 7.47. The number of aromatic nitrogens is 1. The minimum atomic E-state index is 1.00. The Morgan fingerprint density at radius 1 is 0.711 bits per heavy atom. The first-order valence-electron chi connectivity index (χ1n) is 13.0. The highest BCUT2D eigenvalue weighted by Gasteiger charge is 2.18. The van der Waals surface area contributed by atoms with Gasteiger partial charge in [0.1, 0.15) is 0 Å². The smallest absolute Gasteiger partial charge is 0.0619 e. The van der Waals surface area contributed by atoms with E-state index in [0.717, 1.165) is 22.2 Å². The van der Waals surface area contributed by atoms with Crippen LogP contribution in [0.2, 0.25) is 0 Å². The molecule has 6 aromatic rings. The molecule has 38 heavy (non-hydrogen) atoms. The maximum Gasteiger partial charge on any atom is 0.0619 e. The highest BCUT2D eigenvalue weighted by atomic mass is 15.0. The summed E-state index contributed by atoms with van der Waals surface area (Å²) >= 11 is 0. The second-order valence-corrected chi connectivity index (χ2v) is 9.53. The standard InChI is InChI=1S/C36H30N2/c1-4-10-29(23-37)27-16-19-32-33-20-17-28-21-26(24(5-2)6-3)15-18-31(28)36(33)38(35(32)22-27)34-14-9-12-25-11-7-8-13-30(25)34/h4-23H,2,37H2,1,3H3/b10-4-,24-6+,29-23+. The van der Waals surface area contributed by atoms with Crippen molar-refractivity contribution in [2.75, 3.05) is 0 Å². The van der Waals surface area contributed by atoms with Gasteiger partial charge in [-0.2, -0.15) is 0 Å². The number of hydrogen-bond acceptors (Lipinski definition) is 1. The topological polar surface area (TPSA) is 30.9 Å². The maximum absolute atomic E-state index is 6.04. The molecule has 0 fully saturated rings. The summed E-state index contributed by atoms with van der Waals surface area (Å²) in [6, 6.07) is 33.1. The molecule has 184 valence electrons. The summed E-state index contributed by atoms with van der Waals surface area (Å²) in [6.07, 6.45) is 9.79. The number of fused-ring (bicyclic) bond motifs is 6. The monoisotopic (exact) mass is 490 g/mol. The summed E-state index contributed by atoms with van der Waals surface area (Å²) in [4.78, 5) is 0. The molecule has 1 heterocycles. The maximum atomic E-state index is 6.04. The molecule has 0 atom stereocenters. The van der Waals surface area contributed by atoms with Crippen LogP contribution in [-0.4, -0.2) is 4.57 Å². The number of rotatable bonds is 5. The predicted molar refractivity (Wildman–Crippen MR) is 167 cm³/mol. The lowest BCUT2D eigenvalue weighted by Gasteiger charge is -2.14. The Balaban J connectivity index is 1.78. The molecule has 0 amide bonds. The Labute approximate surface area is 223 Å². The van der Waals surface area contributed by atoms with Crippen molar-refractivity contribution in [1.29, 1.82) is 0 Å². The highest BCUT2D eigenvalue weighted by Crippen LogP contribution is 2.40. The van der Waals surface area contributed by atoms with Crippen molar-refractivity contribution in [1.82, 2.24) is 4.57 Å². The van der Waals surface area contributed by atoms with Gasteiger partial charge in [0.2, 0.25) is 0 Å². The van der Waals surface area contributed by atoms with E-state index in [1.54, 1.807) is 6.20 Å². The third kappa shape index (κ3) is 3.65. The molecule has 0 saturated heterocycles. The Morgan fingerprint density at radius 2 is 1.45 bits per heavy atom. The molecule has 0 aliphatic carbocycles. The highest BCUT2D eigenvalue weighted by molar-refractivity contribution is 6.20. The van der Waals surface area contributed by atoms with E-state index in [0.29, 0.717) is 0 Å². The van der Waals surface area contributed by atoms with Crippen LogP contribution in [0.25, 0.3) is 60.2 Å². The summed E-state index contributed by atoms with van der Waals surface area (Å²) in [5.74, 6) is 0. The molecule has 2 heteroatoms. The average Bonchev–Trinajstić information content (AvgIpc) is 3.30. The Kier molecular flexibility index (Phi) is 5.94. The van der Waals surface area contributed by atoms with E-state index in [1.165, 1.54) is 49.1 Å². The van der Waals surface area contributed by atoms with Crippen LogP contribution in [0.5, 0.6) is 0 Å². The number of benzene rings is 5. The molecule has 0 bridgehead atoms. The number of nitrogens with two attached hydrogens (primary N) is 1. The van der Waals surface area contributed by atoms with Gasteiger partial charge in [-0.15, -0.1) is 0 Å². The second kappa shape index (κ2) is 9.57. The molecule has 2 nitrogen and oxygen atoms in total. The van der Waals surface area contributed by atoms with Crippen LogP contribution in [0, 0.1) is 0 Å². The van der Waals surface area contributed by atoms with E-state index in [2.05, 4.69) is 121 Å². The lowest BCUT2D eigenvalue weighted by Crippen LogP contribution is -1.97. The van der Waals surface area contributed by atoms with Crippen molar-refractivity contribution in [2.45, 2.75) is 13.8 Å². The molecule has 5 aromatic carbocycles. The molecule has 0 aliphatic rings. The van der Waals surface area contributed by atoms with Gasteiger partial charge in [-0.3, -0.25) is 0 Å². The Morgan fingerprint density at radius 3 is 2.21 bits per heavy atom. The first-order valence-corrected chi connectivity index (χ1v) is 13.0. The van der Waals surface area contributed by atoms with Gasteiger partial charge in [0.15, 0.2) is 0 Å². The lowest BCUT2D eigenvalue weighted by atomic mass is 9.99. The van der Waals surface area contributed by atoms with Gasteiger partial charge >= 0.3 is 0 Å². The molecule has 6 rings (SSSR count). The van der Waals surface area contributed by atoms with Crippen LogP contribution >= 0.6 is 0 Å². The first-order chi connectivity index (χ1) is 18.7. The Bertz CT molecular complexity index is 1960. The van der Waals surface area contributed by atoms with E-state index < -0.39 is 0 Å². The minimum absolute atomic E-state index is 1.00. The average molecular weight is 491 g/mol. The summed E-state index contributed by atoms with van der Waals surface area (Å²) in [6.45, 7) is 8.07. The summed E-state index contributed by atoms with van der Waals surface area (Å²) in [5, 5.41) is 7.33. The van der Waals surface area contributed by atoms with Crippen molar-refractivity contribution in [3.63, 3.8) is 0 Å². The van der Waals surface area contributed by atoms with Crippen LogP contribution in [-0.2, 0) is 0 Å². The quantitative estimate of drug-likeness (QED) is 0.240. The van der Waals surface area contributed by atoms with Gasteiger partial charge < -0.3 is 10.3 Å². The SMILES string of the molecule is C=C/C(=C\C)c1ccc2c(ccc3c4ccc(C(/C=C\C)=C/N)cc4n(-c4cccc5ccccc45)c23)c1. The summed E-state index contributed by atoms with van der Waals surface area (Å²) < 4.78 is 2.44. The van der Waals surface area contributed by atoms with Gasteiger partial charge in [0, 0.05) is 27.7 Å². The van der Waals surface area contributed by atoms with Crippen molar-refractivity contribution in [3.8, 4) is 5.69 Å².